The summed E-state index contributed by atoms with van der Waals surface area (Å²) >= 11 is 3.45. The van der Waals surface area contributed by atoms with E-state index in [1.165, 1.54) is 5.56 Å². The summed E-state index contributed by atoms with van der Waals surface area (Å²) in [7, 11) is 0. The number of aliphatic carboxylic acids is 1. The summed E-state index contributed by atoms with van der Waals surface area (Å²) in [5.41, 5.74) is 2.32. The molecule has 1 aromatic carbocycles. The molecule has 1 saturated carbocycles. The summed E-state index contributed by atoms with van der Waals surface area (Å²) in [6, 6.07) is 6.08. The molecule has 1 aliphatic rings. The van der Waals surface area contributed by atoms with E-state index in [0.717, 1.165) is 16.5 Å². The van der Waals surface area contributed by atoms with Crippen LogP contribution < -0.4 is 0 Å². The van der Waals surface area contributed by atoms with Crippen LogP contribution in [0.15, 0.2) is 22.7 Å². The average molecular weight is 255 g/mol. The molecule has 0 radical (unpaired) electrons. The molecule has 1 aliphatic carbocycles. The smallest absolute Gasteiger partial charge is 0.307 e. The van der Waals surface area contributed by atoms with Gasteiger partial charge in [-0.05, 0) is 36.5 Å². The molecule has 0 saturated heterocycles. The number of halogens is 1. The first kappa shape index (κ1) is 9.71. The second kappa shape index (κ2) is 3.39. The lowest BCUT2D eigenvalue weighted by Gasteiger charge is -2.02. The van der Waals surface area contributed by atoms with Crippen molar-refractivity contribution in [3.8, 4) is 0 Å². The van der Waals surface area contributed by atoms with Crippen LogP contribution in [0.5, 0.6) is 0 Å². The lowest BCUT2D eigenvalue weighted by atomic mass is 10.1. The highest BCUT2D eigenvalue weighted by Gasteiger charge is 2.44. The van der Waals surface area contributed by atoms with E-state index in [0.29, 0.717) is 0 Å². The first-order valence-corrected chi connectivity index (χ1v) is 5.37. The SMILES string of the molecule is Cc1ccc([C@@H]2C[C@H]2C(=O)O)cc1Br. The van der Waals surface area contributed by atoms with Crippen LogP contribution >= 0.6 is 15.9 Å². The molecule has 1 aromatic rings. The van der Waals surface area contributed by atoms with Gasteiger partial charge < -0.3 is 5.11 Å². The normalized spacial score (nSPS) is 24.7. The Morgan fingerprint density at radius 3 is 2.79 bits per heavy atom. The van der Waals surface area contributed by atoms with Gasteiger partial charge in [-0.2, -0.15) is 0 Å². The number of hydrogen-bond donors (Lipinski definition) is 1. The van der Waals surface area contributed by atoms with Crippen LogP contribution in [0.4, 0.5) is 0 Å². The van der Waals surface area contributed by atoms with E-state index in [-0.39, 0.29) is 11.8 Å². The molecule has 2 nitrogen and oxygen atoms in total. The zero-order valence-corrected chi connectivity index (χ0v) is 9.41. The van der Waals surface area contributed by atoms with Crippen LogP contribution in [-0.2, 0) is 4.79 Å². The Balaban J connectivity index is 2.20. The molecule has 0 aliphatic heterocycles. The molecule has 14 heavy (non-hydrogen) atoms. The second-order valence-corrected chi connectivity index (χ2v) is 4.65. The highest BCUT2D eigenvalue weighted by atomic mass is 79.9. The monoisotopic (exact) mass is 254 g/mol. The fourth-order valence-corrected chi connectivity index (χ4v) is 2.07. The quantitative estimate of drug-likeness (QED) is 0.882. The van der Waals surface area contributed by atoms with Crippen LogP contribution in [0, 0.1) is 12.8 Å². The van der Waals surface area contributed by atoms with Gasteiger partial charge in [-0.3, -0.25) is 4.79 Å². The Hall–Kier alpha value is -0.830. The second-order valence-electron chi connectivity index (χ2n) is 3.80. The molecular weight excluding hydrogens is 244 g/mol. The van der Waals surface area contributed by atoms with Gasteiger partial charge in [0.05, 0.1) is 5.92 Å². The van der Waals surface area contributed by atoms with Gasteiger partial charge in [0.2, 0.25) is 0 Å². The van der Waals surface area contributed by atoms with Crippen LogP contribution in [0.1, 0.15) is 23.5 Å². The molecule has 74 valence electrons. The van der Waals surface area contributed by atoms with Gasteiger partial charge >= 0.3 is 5.97 Å². The maximum absolute atomic E-state index is 10.7. The molecule has 0 amide bonds. The molecule has 0 heterocycles. The third-order valence-electron chi connectivity index (χ3n) is 2.73. The van der Waals surface area contributed by atoms with Crippen LogP contribution in [-0.4, -0.2) is 11.1 Å². The summed E-state index contributed by atoms with van der Waals surface area (Å²) in [5, 5.41) is 8.80. The molecule has 0 bridgehead atoms. The number of benzene rings is 1. The van der Waals surface area contributed by atoms with E-state index in [4.69, 9.17) is 5.11 Å². The van der Waals surface area contributed by atoms with Gasteiger partial charge in [-0.25, -0.2) is 0 Å². The third-order valence-corrected chi connectivity index (χ3v) is 3.59. The van der Waals surface area contributed by atoms with E-state index < -0.39 is 5.97 Å². The Morgan fingerprint density at radius 2 is 2.29 bits per heavy atom. The number of rotatable bonds is 2. The van der Waals surface area contributed by atoms with Crippen molar-refractivity contribution < 1.29 is 9.90 Å². The molecule has 1 N–H and O–H groups in total. The number of carbonyl (C=O) groups is 1. The zero-order chi connectivity index (χ0) is 10.3. The van der Waals surface area contributed by atoms with Crippen molar-refractivity contribution in [1.29, 1.82) is 0 Å². The Labute approximate surface area is 91.1 Å². The fourth-order valence-electron chi connectivity index (χ4n) is 1.68. The minimum absolute atomic E-state index is 0.162. The summed E-state index contributed by atoms with van der Waals surface area (Å²) in [6.45, 7) is 2.02. The van der Waals surface area contributed by atoms with Gasteiger partial charge in [-0.1, -0.05) is 28.1 Å². The Kier molecular flexibility index (Phi) is 2.35. The van der Waals surface area contributed by atoms with Crippen molar-refractivity contribution in [3.05, 3.63) is 33.8 Å². The maximum Gasteiger partial charge on any atom is 0.307 e. The summed E-state index contributed by atoms with van der Waals surface area (Å²) in [4.78, 5) is 10.7. The van der Waals surface area contributed by atoms with Crippen LogP contribution in [0.25, 0.3) is 0 Å². The van der Waals surface area contributed by atoms with Crippen molar-refractivity contribution >= 4 is 21.9 Å². The standard InChI is InChI=1S/C11H11BrO2/c1-6-2-3-7(4-10(6)12)8-5-9(8)11(13)14/h2-4,8-9H,5H2,1H3,(H,13,14)/t8-,9+/m0/s1. The van der Waals surface area contributed by atoms with E-state index in [1.54, 1.807) is 0 Å². The number of carboxylic acids is 1. The Bertz CT molecular complexity index is 387. The first-order valence-electron chi connectivity index (χ1n) is 4.58. The lowest BCUT2D eigenvalue weighted by molar-refractivity contribution is -0.138. The highest BCUT2D eigenvalue weighted by Crippen LogP contribution is 2.48. The largest absolute Gasteiger partial charge is 0.481 e. The molecule has 2 rings (SSSR count). The van der Waals surface area contributed by atoms with E-state index in [9.17, 15) is 4.79 Å². The summed E-state index contributed by atoms with van der Waals surface area (Å²) in [6.07, 6.45) is 0.783. The summed E-state index contributed by atoms with van der Waals surface area (Å²) < 4.78 is 1.06. The minimum Gasteiger partial charge on any atom is -0.481 e. The average Bonchev–Trinajstić information content (AvgIpc) is 2.89. The molecule has 3 heteroatoms. The molecule has 0 aromatic heterocycles. The third kappa shape index (κ3) is 1.69. The van der Waals surface area contributed by atoms with Crippen molar-refractivity contribution in [3.63, 3.8) is 0 Å². The molecule has 0 spiro atoms. The Morgan fingerprint density at radius 1 is 1.57 bits per heavy atom. The molecule has 1 fully saturated rings. The van der Waals surface area contributed by atoms with Crippen molar-refractivity contribution in [2.24, 2.45) is 5.92 Å². The van der Waals surface area contributed by atoms with Crippen molar-refractivity contribution in [2.45, 2.75) is 19.3 Å². The van der Waals surface area contributed by atoms with Crippen LogP contribution in [0.3, 0.4) is 0 Å². The van der Waals surface area contributed by atoms with E-state index in [2.05, 4.69) is 15.9 Å². The molecule has 2 atom stereocenters. The number of carboxylic acid groups (broad SMARTS) is 1. The van der Waals surface area contributed by atoms with Crippen molar-refractivity contribution in [1.82, 2.24) is 0 Å². The highest BCUT2D eigenvalue weighted by molar-refractivity contribution is 9.10. The molecule has 0 unspecified atom stereocenters. The van der Waals surface area contributed by atoms with Gasteiger partial charge in [0.25, 0.3) is 0 Å². The first-order chi connectivity index (χ1) is 6.59. The van der Waals surface area contributed by atoms with Gasteiger partial charge in [0.15, 0.2) is 0 Å². The van der Waals surface area contributed by atoms with Gasteiger partial charge in [0.1, 0.15) is 0 Å². The van der Waals surface area contributed by atoms with Crippen molar-refractivity contribution in [2.75, 3.05) is 0 Å². The van der Waals surface area contributed by atoms with Gasteiger partial charge in [-0.15, -0.1) is 0 Å². The lowest BCUT2D eigenvalue weighted by Crippen LogP contribution is -1.98. The zero-order valence-electron chi connectivity index (χ0n) is 7.83. The predicted octanol–water partition coefficient (Wildman–Crippen LogP) is 2.95. The number of hydrogen-bond acceptors (Lipinski definition) is 1. The maximum atomic E-state index is 10.7. The topological polar surface area (TPSA) is 37.3 Å². The number of aryl methyl sites for hydroxylation is 1. The van der Waals surface area contributed by atoms with E-state index >= 15 is 0 Å². The fraction of sp³-hybridized carbons (Fsp3) is 0.364. The van der Waals surface area contributed by atoms with Gasteiger partial charge in [0, 0.05) is 4.47 Å². The van der Waals surface area contributed by atoms with E-state index in [1.807, 2.05) is 25.1 Å². The van der Waals surface area contributed by atoms with Crippen LogP contribution in [0.2, 0.25) is 0 Å². The molecular formula is C11H11BrO2. The predicted molar refractivity (Wildman–Crippen MR) is 57.4 cm³/mol. The summed E-state index contributed by atoms with van der Waals surface area (Å²) in [5.74, 6) is -0.610. The minimum atomic E-state index is -0.674.